The Balaban J connectivity index is 1.11. The maximum atomic E-state index is 6.35. The van der Waals surface area contributed by atoms with Gasteiger partial charge in [0.2, 0.25) is 0 Å². The summed E-state index contributed by atoms with van der Waals surface area (Å²) in [4.78, 5) is 5.22. The highest BCUT2D eigenvalue weighted by molar-refractivity contribution is 7.00. The van der Waals surface area contributed by atoms with Crippen LogP contribution in [0.15, 0.2) is 138 Å². The molecule has 2 aliphatic heterocycles. The van der Waals surface area contributed by atoms with Crippen molar-refractivity contribution in [3.05, 3.63) is 161 Å². The number of furan rings is 1. The van der Waals surface area contributed by atoms with Crippen LogP contribution in [0.2, 0.25) is 0 Å². The third-order valence-corrected chi connectivity index (χ3v) is 16.8. The SMILES string of the molecule is CC(C)(C)c1ccc(N2c3cc4c(cc3B3c5cc6c(cc5N(c5ccc(-c7ccc8c(c7)oc7ccccc78)cc5)c5cccc2c53)C(C)(C)CCC6(C)C)C(C)(C)CCC4(C)C)cc1. The Bertz CT molecular complexity index is 3300. The van der Waals surface area contributed by atoms with Crippen molar-refractivity contribution in [3.8, 4) is 11.1 Å². The van der Waals surface area contributed by atoms with Crippen LogP contribution in [-0.4, -0.2) is 6.71 Å². The lowest BCUT2D eigenvalue weighted by molar-refractivity contribution is 0.332. The highest BCUT2D eigenvalue weighted by Gasteiger charge is 2.48. The van der Waals surface area contributed by atoms with Crippen LogP contribution in [0.25, 0.3) is 33.1 Å². The second-order valence-electron chi connectivity index (χ2n) is 23.9. The fourth-order valence-corrected chi connectivity index (χ4v) is 12.4. The molecule has 8 aromatic rings. The zero-order valence-electron chi connectivity index (χ0n) is 40.9. The summed E-state index contributed by atoms with van der Waals surface area (Å²) in [6.45, 7) is 26.8. The molecule has 4 heteroatoms. The van der Waals surface area contributed by atoms with Gasteiger partial charge in [-0.2, -0.15) is 0 Å². The molecular weight excluding hydrogens is 800 g/mol. The van der Waals surface area contributed by atoms with Gasteiger partial charge in [-0.25, -0.2) is 0 Å². The third kappa shape index (κ3) is 6.08. The Morgan fingerprint density at radius 3 is 1.41 bits per heavy atom. The minimum Gasteiger partial charge on any atom is -0.456 e. The van der Waals surface area contributed by atoms with Gasteiger partial charge in [-0.1, -0.05) is 143 Å². The van der Waals surface area contributed by atoms with Gasteiger partial charge in [-0.05, 0) is 175 Å². The summed E-state index contributed by atoms with van der Waals surface area (Å²) in [6.07, 6.45) is 4.70. The summed E-state index contributed by atoms with van der Waals surface area (Å²) in [5, 5.41) is 2.31. The van der Waals surface area contributed by atoms with E-state index in [-0.39, 0.29) is 33.8 Å². The van der Waals surface area contributed by atoms with Crippen LogP contribution in [0.5, 0.6) is 0 Å². The number of anilines is 6. The molecule has 4 aliphatic rings. The molecule has 7 aromatic carbocycles. The zero-order valence-corrected chi connectivity index (χ0v) is 40.9. The minimum atomic E-state index is 0.0575. The molecule has 0 saturated carbocycles. The normalized spacial score (nSPS) is 18.4. The summed E-state index contributed by atoms with van der Waals surface area (Å²) in [7, 11) is 0. The van der Waals surface area contributed by atoms with E-state index in [1.54, 1.807) is 0 Å². The van der Waals surface area contributed by atoms with Crippen LogP contribution >= 0.6 is 0 Å². The van der Waals surface area contributed by atoms with Crippen molar-refractivity contribution in [1.29, 1.82) is 0 Å². The monoisotopic (exact) mass is 863 g/mol. The molecule has 330 valence electrons. The molecule has 0 atom stereocenters. The molecule has 2 aliphatic carbocycles. The van der Waals surface area contributed by atoms with E-state index in [1.165, 1.54) is 110 Å². The molecule has 0 saturated heterocycles. The molecule has 0 fully saturated rings. The van der Waals surface area contributed by atoms with Crippen molar-refractivity contribution in [1.82, 2.24) is 0 Å². The van der Waals surface area contributed by atoms with Gasteiger partial charge in [-0.15, -0.1) is 0 Å². The summed E-state index contributed by atoms with van der Waals surface area (Å²) >= 11 is 0. The van der Waals surface area contributed by atoms with E-state index in [9.17, 15) is 0 Å². The molecule has 0 spiro atoms. The number of nitrogens with zero attached hydrogens (tertiary/aromatic N) is 2. The van der Waals surface area contributed by atoms with Gasteiger partial charge in [0.15, 0.2) is 0 Å². The van der Waals surface area contributed by atoms with E-state index in [0.717, 1.165) is 27.5 Å². The number of benzene rings is 7. The van der Waals surface area contributed by atoms with Gasteiger partial charge in [-0.3, -0.25) is 0 Å². The largest absolute Gasteiger partial charge is 0.456 e. The first-order valence-corrected chi connectivity index (χ1v) is 24.5. The van der Waals surface area contributed by atoms with Gasteiger partial charge in [0.05, 0.1) is 0 Å². The lowest BCUT2D eigenvalue weighted by Gasteiger charge is -2.48. The first-order valence-electron chi connectivity index (χ1n) is 24.5. The Labute approximate surface area is 392 Å². The van der Waals surface area contributed by atoms with Crippen LogP contribution < -0.4 is 26.2 Å². The molecule has 12 rings (SSSR count). The number of fused-ring (bicyclic) bond motifs is 9. The van der Waals surface area contributed by atoms with E-state index < -0.39 is 0 Å². The van der Waals surface area contributed by atoms with Gasteiger partial charge in [0.1, 0.15) is 11.2 Å². The number of rotatable bonds is 3. The predicted octanol–water partition coefficient (Wildman–Crippen LogP) is 15.3. The number of hydrogen-bond donors (Lipinski definition) is 0. The van der Waals surface area contributed by atoms with Gasteiger partial charge in [0, 0.05) is 44.9 Å². The Hall–Kier alpha value is -6.00. The van der Waals surface area contributed by atoms with E-state index in [0.29, 0.717) is 0 Å². The van der Waals surface area contributed by atoms with Crippen LogP contribution in [0, 0.1) is 0 Å². The second-order valence-corrected chi connectivity index (χ2v) is 23.9. The van der Waals surface area contributed by atoms with Crippen molar-refractivity contribution < 1.29 is 4.42 Å². The van der Waals surface area contributed by atoms with Crippen molar-refractivity contribution in [2.24, 2.45) is 0 Å². The minimum absolute atomic E-state index is 0.0575. The standard InChI is InChI=1S/C62H63BN2O/c1-58(2,3)40-22-26-42(27-23-40)65-52-17-14-16-51-57(52)63(50-35-46-48(37-54(50)65)62(10,11)32-30-60(46,6)7)49-34-45-47(61(8,9)31-29-59(45,4)5)36-53(49)64(51)41-24-19-38(20-25-41)39-21-28-44-43-15-12-13-18-55(43)66-56(44)33-39/h12-28,33-37H,29-32H2,1-11H3. The van der Waals surface area contributed by atoms with Crippen molar-refractivity contribution in [2.75, 3.05) is 9.80 Å². The molecule has 0 radical (unpaired) electrons. The average Bonchev–Trinajstić information content (AvgIpc) is 3.67. The first-order chi connectivity index (χ1) is 31.3. The lowest BCUT2D eigenvalue weighted by Crippen LogP contribution is -2.62. The Morgan fingerprint density at radius 1 is 0.439 bits per heavy atom. The number of para-hydroxylation sites is 1. The maximum Gasteiger partial charge on any atom is 0.252 e. The molecule has 0 unspecified atom stereocenters. The molecule has 3 nitrogen and oxygen atoms in total. The van der Waals surface area contributed by atoms with Crippen LogP contribution in [0.4, 0.5) is 34.1 Å². The van der Waals surface area contributed by atoms with Gasteiger partial charge >= 0.3 is 0 Å². The number of hydrogen-bond acceptors (Lipinski definition) is 3. The fourth-order valence-electron chi connectivity index (χ4n) is 12.4. The van der Waals surface area contributed by atoms with E-state index in [1.807, 2.05) is 6.07 Å². The zero-order chi connectivity index (χ0) is 45.9. The van der Waals surface area contributed by atoms with Crippen molar-refractivity contribution >= 4 is 79.2 Å². The van der Waals surface area contributed by atoms with Gasteiger partial charge < -0.3 is 14.2 Å². The quantitative estimate of drug-likeness (QED) is 0.165. The van der Waals surface area contributed by atoms with E-state index in [4.69, 9.17) is 4.42 Å². The third-order valence-electron chi connectivity index (χ3n) is 16.8. The van der Waals surface area contributed by atoms with Crippen LogP contribution in [0.1, 0.15) is 130 Å². The average molecular weight is 863 g/mol. The van der Waals surface area contributed by atoms with Crippen LogP contribution in [0.3, 0.4) is 0 Å². The van der Waals surface area contributed by atoms with E-state index >= 15 is 0 Å². The highest BCUT2D eigenvalue weighted by atomic mass is 16.3. The molecule has 66 heavy (non-hydrogen) atoms. The highest BCUT2D eigenvalue weighted by Crippen LogP contribution is 2.53. The smallest absolute Gasteiger partial charge is 0.252 e. The van der Waals surface area contributed by atoms with E-state index in [2.05, 4.69) is 213 Å². The fraction of sp³-hybridized carbons (Fsp3) is 0.323. The molecule has 3 heterocycles. The van der Waals surface area contributed by atoms with Gasteiger partial charge in [0.25, 0.3) is 6.71 Å². The summed E-state index contributed by atoms with van der Waals surface area (Å²) in [5.41, 5.74) is 23.6. The molecular formula is C62H63BN2O. The lowest BCUT2D eigenvalue weighted by atomic mass is 9.32. The topological polar surface area (TPSA) is 19.6 Å². The Kier molecular flexibility index (Phi) is 8.65. The molecule has 0 amide bonds. The Morgan fingerprint density at radius 2 is 0.894 bits per heavy atom. The molecule has 0 bridgehead atoms. The molecule has 1 aromatic heterocycles. The summed E-state index contributed by atoms with van der Waals surface area (Å²) < 4.78 is 6.35. The summed E-state index contributed by atoms with van der Waals surface area (Å²) in [6, 6.07) is 51.4. The van der Waals surface area contributed by atoms with Crippen LogP contribution in [-0.2, 0) is 27.1 Å². The first kappa shape index (κ1) is 41.4. The van der Waals surface area contributed by atoms with Crippen molar-refractivity contribution in [2.45, 2.75) is 129 Å². The second kappa shape index (κ2) is 13.8. The molecule has 0 N–H and O–H groups in total. The predicted molar refractivity (Wildman–Crippen MR) is 282 cm³/mol. The maximum absolute atomic E-state index is 6.35. The summed E-state index contributed by atoms with van der Waals surface area (Å²) in [5.74, 6) is 0. The van der Waals surface area contributed by atoms with Crippen molar-refractivity contribution in [3.63, 3.8) is 0 Å².